The zero-order valence-corrected chi connectivity index (χ0v) is 19.3. The van der Waals surface area contributed by atoms with Gasteiger partial charge >= 0.3 is 0 Å². The Labute approximate surface area is 189 Å². The summed E-state index contributed by atoms with van der Waals surface area (Å²) in [6.07, 6.45) is 0.848. The van der Waals surface area contributed by atoms with E-state index in [1.54, 1.807) is 28.4 Å². The molecule has 0 spiro atoms. The topological polar surface area (TPSA) is 61.4 Å². The number of nitrogens with one attached hydrogen (secondary N) is 1. The Balaban J connectivity index is 1.86. The van der Waals surface area contributed by atoms with E-state index in [4.69, 9.17) is 35.9 Å². The molecule has 0 aromatic heterocycles. The molecule has 0 fully saturated rings. The SMILES string of the molecule is COCCNC(=S)N1CCc2cc(OC)c(OC)cc2[C@@H]1COc1ccc(OC)cc1. The number of rotatable bonds is 9. The number of ether oxygens (including phenoxy) is 5. The number of nitrogens with zero attached hydrogens (tertiary/aromatic N) is 1. The maximum absolute atomic E-state index is 6.16. The molecule has 1 N–H and O–H groups in total. The predicted octanol–water partition coefficient (Wildman–Crippen LogP) is 3.21. The lowest BCUT2D eigenvalue weighted by Gasteiger charge is -2.39. The summed E-state index contributed by atoms with van der Waals surface area (Å²) in [7, 11) is 6.61. The summed E-state index contributed by atoms with van der Waals surface area (Å²) < 4.78 is 27.6. The highest BCUT2D eigenvalue weighted by molar-refractivity contribution is 7.80. The van der Waals surface area contributed by atoms with E-state index in [9.17, 15) is 0 Å². The third kappa shape index (κ3) is 5.51. The molecule has 0 bridgehead atoms. The zero-order chi connectivity index (χ0) is 22.2. The molecular weight excluding hydrogens is 416 g/mol. The molecular formula is C23H30N2O5S. The van der Waals surface area contributed by atoms with Gasteiger partial charge in [-0.1, -0.05) is 0 Å². The Hall–Kier alpha value is -2.71. The average Bonchev–Trinajstić information content (AvgIpc) is 2.81. The number of hydrogen-bond donors (Lipinski definition) is 1. The van der Waals surface area contributed by atoms with Gasteiger partial charge in [-0.05, 0) is 66.2 Å². The van der Waals surface area contributed by atoms with Crippen LogP contribution in [-0.2, 0) is 11.2 Å². The molecule has 2 aromatic carbocycles. The van der Waals surface area contributed by atoms with Gasteiger partial charge in [-0.2, -0.15) is 0 Å². The minimum absolute atomic E-state index is 0.0757. The molecule has 0 saturated heterocycles. The minimum Gasteiger partial charge on any atom is -0.497 e. The standard InChI is InChI=1S/C23H30N2O5S/c1-26-12-10-24-23(31)25-11-9-16-13-21(28-3)22(29-4)14-19(16)20(25)15-30-18-7-5-17(27-2)6-8-18/h5-8,13-14,20H,9-12,15H2,1-4H3,(H,24,31)/t20-/m0/s1. The quantitative estimate of drug-likeness (QED) is 0.466. The van der Waals surface area contributed by atoms with E-state index in [1.807, 2.05) is 36.4 Å². The molecule has 7 nitrogen and oxygen atoms in total. The number of benzene rings is 2. The first-order chi connectivity index (χ1) is 15.1. The lowest BCUT2D eigenvalue weighted by Crippen LogP contribution is -2.47. The first kappa shape index (κ1) is 23.0. The van der Waals surface area contributed by atoms with Crippen molar-refractivity contribution in [2.75, 3.05) is 54.7 Å². The minimum atomic E-state index is -0.0757. The Morgan fingerprint density at radius 3 is 2.32 bits per heavy atom. The van der Waals surface area contributed by atoms with Crippen molar-refractivity contribution in [1.82, 2.24) is 10.2 Å². The second-order valence-corrected chi connectivity index (χ2v) is 7.46. The average molecular weight is 447 g/mol. The largest absolute Gasteiger partial charge is 0.497 e. The lowest BCUT2D eigenvalue weighted by atomic mass is 9.92. The van der Waals surface area contributed by atoms with Gasteiger partial charge in [0.1, 0.15) is 18.1 Å². The van der Waals surface area contributed by atoms with Crippen molar-refractivity contribution in [3.8, 4) is 23.0 Å². The van der Waals surface area contributed by atoms with Crippen LogP contribution in [0, 0.1) is 0 Å². The monoisotopic (exact) mass is 446 g/mol. The van der Waals surface area contributed by atoms with Crippen LogP contribution in [0.5, 0.6) is 23.0 Å². The van der Waals surface area contributed by atoms with Gasteiger partial charge in [-0.25, -0.2) is 0 Å². The van der Waals surface area contributed by atoms with Crippen molar-refractivity contribution in [2.45, 2.75) is 12.5 Å². The smallest absolute Gasteiger partial charge is 0.169 e. The maximum atomic E-state index is 6.16. The van der Waals surface area contributed by atoms with Gasteiger partial charge in [-0.15, -0.1) is 0 Å². The summed E-state index contributed by atoms with van der Waals surface area (Å²) in [5.74, 6) is 2.98. The molecule has 0 radical (unpaired) electrons. The number of fused-ring (bicyclic) bond motifs is 1. The Bertz CT molecular complexity index is 875. The van der Waals surface area contributed by atoms with E-state index in [2.05, 4.69) is 10.2 Å². The summed E-state index contributed by atoms with van der Waals surface area (Å²) in [6, 6.07) is 11.6. The fourth-order valence-electron chi connectivity index (χ4n) is 3.66. The molecule has 1 aliphatic rings. The number of hydrogen-bond acceptors (Lipinski definition) is 6. The van der Waals surface area contributed by atoms with E-state index in [1.165, 1.54) is 5.56 Å². The van der Waals surface area contributed by atoms with Gasteiger partial charge in [-0.3, -0.25) is 0 Å². The van der Waals surface area contributed by atoms with Crippen molar-refractivity contribution >= 4 is 17.3 Å². The van der Waals surface area contributed by atoms with Crippen LogP contribution < -0.4 is 24.3 Å². The second-order valence-electron chi connectivity index (χ2n) is 7.08. The second kappa shape index (κ2) is 11.1. The Morgan fingerprint density at radius 2 is 1.68 bits per heavy atom. The van der Waals surface area contributed by atoms with E-state index >= 15 is 0 Å². The van der Waals surface area contributed by atoms with Crippen LogP contribution in [0.4, 0.5) is 0 Å². The molecule has 31 heavy (non-hydrogen) atoms. The first-order valence-corrected chi connectivity index (χ1v) is 10.6. The van der Waals surface area contributed by atoms with Crippen molar-refractivity contribution in [3.05, 3.63) is 47.5 Å². The molecule has 3 rings (SSSR count). The van der Waals surface area contributed by atoms with Crippen LogP contribution in [0.1, 0.15) is 17.2 Å². The number of methoxy groups -OCH3 is 4. The molecule has 1 aliphatic heterocycles. The molecule has 0 aliphatic carbocycles. The molecule has 0 amide bonds. The molecule has 2 aromatic rings. The van der Waals surface area contributed by atoms with Gasteiger partial charge < -0.3 is 33.9 Å². The highest BCUT2D eigenvalue weighted by Gasteiger charge is 2.31. The van der Waals surface area contributed by atoms with Crippen LogP contribution in [-0.4, -0.2) is 64.8 Å². The van der Waals surface area contributed by atoms with Crippen molar-refractivity contribution in [2.24, 2.45) is 0 Å². The normalized spacial score (nSPS) is 15.1. The summed E-state index contributed by atoms with van der Waals surface area (Å²) in [4.78, 5) is 2.17. The van der Waals surface area contributed by atoms with Crippen LogP contribution in [0.15, 0.2) is 36.4 Å². The predicted molar refractivity (Wildman–Crippen MR) is 124 cm³/mol. The van der Waals surface area contributed by atoms with E-state index < -0.39 is 0 Å². The zero-order valence-electron chi connectivity index (χ0n) is 18.5. The van der Waals surface area contributed by atoms with Crippen LogP contribution >= 0.6 is 12.2 Å². The van der Waals surface area contributed by atoms with Gasteiger partial charge in [0.15, 0.2) is 16.6 Å². The summed E-state index contributed by atoms with van der Waals surface area (Å²) in [5.41, 5.74) is 2.32. The van der Waals surface area contributed by atoms with E-state index in [0.717, 1.165) is 35.8 Å². The molecule has 0 saturated carbocycles. The first-order valence-electron chi connectivity index (χ1n) is 10.2. The molecule has 8 heteroatoms. The van der Waals surface area contributed by atoms with Gasteiger partial charge in [0.2, 0.25) is 0 Å². The Kier molecular flexibility index (Phi) is 8.20. The fourth-order valence-corrected chi connectivity index (χ4v) is 3.98. The summed E-state index contributed by atoms with van der Waals surface area (Å²) in [6.45, 7) is 2.44. The van der Waals surface area contributed by atoms with Gasteiger partial charge in [0, 0.05) is 20.2 Å². The molecule has 0 unspecified atom stereocenters. The van der Waals surface area contributed by atoms with Gasteiger partial charge in [0.25, 0.3) is 0 Å². The molecule has 1 heterocycles. The van der Waals surface area contributed by atoms with Crippen molar-refractivity contribution in [1.29, 1.82) is 0 Å². The van der Waals surface area contributed by atoms with Crippen molar-refractivity contribution in [3.63, 3.8) is 0 Å². The van der Waals surface area contributed by atoms with Gasteiger partial charge in [0.05, 0.1) is 34.0 Å². The van der Waals surface area contributed by atoms with Crippen molar-refractivity contribution < 1.29 is 23.7 Å². The van der Waals surface area contributed by atoms with Crippen LogP contribution in [0.25, 0.3) is 0 Å². The maximum Gasteiger partial charge on any atom is 0.169 e. The van der Waals surface area contributed by atoms with E-state index in [-0.39, 0.29) is 6.04 Å². The third-order valence-corrected chi connectivity index (χ3v) is 5.69. The molecule has 1 atom stereocenters. The summed E-state index contributed by atoms with van der Waals surface area (Å²) in [5, 5.41) is 3.96. The lowest BCUT2D eigenvalue weighted by molar-refractivity contribution is 0.182. The third-order valence-electron chi connectivity index (χ3n) is 5.31. The highest BCUT2D eigenvalue weighted by Crippen LogP contribution is 2.38. The van der Waals surface area contributed by atoms with Crippen LogP contribution in [0.2, 0.25) is 0 Å². The fraction of sp³-hybridized carbons (Fsp3) is 0.435. The van der Waals surface area contributed by atoms with E-state index in [0.29, 0.717) is 30.6 Å². The highest BCUT2D eigenvalue weighted by atomic mass is 32.1. The molecule has 168 valence electrons. The summed E-state index contributed by atoms with van der Waals surface area (Å²) >= 11 is 5.70. The van der Waals surface area contributed by atoms with Crippen LogP contribution in [0.3, 0.4) is 0 Å². The Morgan fingerprint density at radius 1 is 1.00 bits per heavy atom. The number of thiocarbonyl (C=S) groups is 1.